The van der Waals surface area contributed by atoms with Crippen LogP contribution in [0, 0.1) is 5.53 Å². The van der Waals surface area contributed by atoms with E-state index in [1.165, 1.54) is 7.11 Å². The lowest BCUT2D eigenvalue weighted by Crippen LogP contribution is -2.19. The van der Waals surface area contributed by atoms with Crippen LogP contribution in [-0.4, -0.2) is 56.6 Å². The van der Waals surface area contributed by atoms with E-state index in [4.69, 9.17) is 30.7 Å². The Balaban J connectivity index is 0. The van der Waals surface area contributed by atoms with Gasteiger partial charge in [0.25, 0.3) is 0 Å². The third-order valence-electron chi connectivity index (χ3n) is 1.14. The lowest BCUT2D eigenvalue weighted by Gasteiger charge is -2.08. The summed E-state index contributed by atoms with van der Waals surface area (Å²) in [5.74, 6) is 0. The molecule has 0 aliphatic carbocycles. The van der Waals surface area contributed by atoms with Gasteiger partial charge < -0.3 is 24.4 Å². The van der Waals surface area contributed by atoms with E-state index in [0.717, 1.165) is 0 Å². The van der Waals surface area contributed by atoms with Crippen LogP contribution in [0.3, 0.4) is 0 Å². The van der Waals surface area contributed by atoms with Gasteiger partial charge >= 0.3 is 0 Å². The van der Waals surface area contributed by atoms with Crippen molar-refractivity contribution in [2.75, 3.05) is 40.1 Å². The van der Waals surface area contributed by atoms with Crippen LogP contribution in [-0.2, 0) is 14.2 Å². The maximum atomic E-state index is 8.83. The van der Waals surface area contributed by atoms with Gasteiger partial charge in [-0.05, 0) is 10.4 Å². The maximum Gasteiger partial charge on any atom is 0.177 e. The second-order valence-electron chi connectivity index (χ2n) is 2.20. The van der Waals surface area contributed by atoms with Crippen LogP contribution in [0.15, 0.2) is 0 Å². The van der Waals surface area contributed by atoms with Gasteiger partial charge in [0.2, 0.25) is 0 Å². The highest BCUT2D eigenvalue weighted by Gasteiger charge is 1.99. The van der Waals surface area contributed by atoms with Crippen molar-refractivity contribution in [1.29, 1.82) is 5.53 Å². The highest BCUT2D eigenvalue weighted by molar-refractivity contribution is 4.35. The van der Waals surface area contributed by atoms with Crippen molar-refractivity contribution in [1.82, 2.24) is 0 Å². The Morgan fingerprint density at radius 3 is 2.33 bits per heavy atom. The molecule has 8 nitrogen and oxygen atoms in total. The van der Waals surface area contributed by atoms with E-state index in [0.29, 0.717) is 19.8 Å². The van der Waals surface area contributed by atoms with Crippen LogP contribution in [0.2, 0.25) is 0 Å². The molecular formula is C7H17N3O5. The first-order chi connectivity index (χ1) is 7.22. The van der Waals surface area contributed by atoms with Crippen molar-refractivity contribution in [3.8, 4) is 0 Å². The summed E-state index contributed by atoms with van der Waals surface area (Å²) in [4.78, 5) is 1.75. The molecule has 1 atom stereocenters. The first-order valence-corrected chi connectivity index (χ1v) is 4.20. The van der Waals surface area contributed by atoms with Crippen molar-refractivity contribution >= 4 is 0 Å². The fraction of sp³-hybridized carbons (Fsp3) is 1.00. The molecule has 0 fully saturated rings. The number of hydrogen-bond acceptors (Lipinski definition) is 6. The highest BCUT2D eigenvalue weighted by atomic mass is 16.6. The zero-order valence-corrected chi connectivity index (χ0v) is 8.63. The zero-order chi connectivity index (χ0) is 11.9. The molecule has 1 unspecified atom stereocenters. The van der Waals surface area contributed by atoms with E-state index in [-0.39, 0.29) is 13.2 Å². The lowest BCUT2D eigenvalue weighted by molar-refractivity contribution is -0.123. The quantitative estimate of drug-likeness (QED) is 0.173. The van der Waals surface area contributed by atoms with E-state index in [9.17, 15) is 0 Å². The second kappa shape index (κ2) is 15.6. The van der Waals surface area contributed by atoms with Gasteiger partial charge in [0.1, 0.15) is 0 Å². The number of rotatable bonds is 8. The number of nitrogens with zero attached hydrogens (tertiary/aromatic N) is 2. The van der Waals surface area contributed by atoms with Gasteiger partial charge in [0.15, 0.2) is 6.29 Å². The highest BCUT2D eigenvalue weighted by Crippen LogP contribution is 1.85. The molecule has 0 aromatic heterocycles. The predicted molar refractivity (Wildman–Crippen MR) is 51.2 cm³/mol. The molecule has 0 aliphatic rings. The average Bonchev–Trinajstić information content (AvgIpc) is 2.24. The Morgan fingerprint density at radius 2 is 1.87 bits per heavy atom. The molecule has 0 saturated heterocycles. The molecule has 8 heteroatoms. The Kier molecular flexibility index (Phi) is 17.2. The number of nitrogens with one attached hydrogen (secondary N) is 1. The molecule has 0 amide bonds. The molecule has 0 radical (unpaired) electrons. The molecule has 0 bridgehead atoms. The van der Waals surface area contributed by atoms with Crippen molar-refractivity contribution in [3.05, 3.63) is 10.4 Å². The second-order valence-corrected chi connectivity index (χ2v) is 2.20. The van der Waals surface area contributed by atoms with Gasteiger partial charge in [-0.15, -0.1) is 5.53 Å². The summed E-state index contributed by atoms with van der Waals surface area (Å²) < 4.78 is 14.4. The monoisotopic (exact) mass is 223 g/mol. The third-order valence-corrected chi connectivity index (χ3v) is 1.14. The lowest BCUT2D eigenvalue weighted by atomic mass is 10.6. The maximum absolute atomic E-state index is 8.83. The SMILES string of the molecule is COC(O)COCCOCCO.[N-]=[N+]=N. The molecule has 0 aromatic carbocycles. The van der Waals surface area contributed by atoms with Crippen molar-refractivity contribution in [3.63, 3.8) is 0 Å². The third kappa shape index (κ3) is 19.5. The van der Waals surface area contributed by atoms with E-state index in [1.54, 1.807) is 4.91 Å². The van der Waals surface area contributed by atoms with Gasteiger partial charge in [0.05, 0.1) is 33.0 Å². The average molecular weight is 223 g/mol. The minimum atomic E-state index is -0.872. The molecule has 15 heavy (non-hydrogen) atoms. The molecule has 0 saturated carbocycles. The molecule has 0 aromatic rings. The van der Waals surface area contributed by atoms with E-state index in [2.05, 4.69) is 4.74 Å². The topological polar surface area (TPSA) is 128 Å². The predicted octanol–water partition coefficient (Wildman–Crippen LogP) is -0.148. The van der Waals surface area contributed by atoms with Crippen LogP contribution < -0.4 is 0 Å². The number of ether oxygens (including phenoxy) is 3. The minimum Gasteiger partial charge on any atom is -0.394 e. The van der Waals surface area contributed by atoms with Crippen LogP contribution in [0.25, 0.3) is 10.4 Å². The molecular weight excluding hydrogens is 206 g/mol. The summed E-state index contributed by atoms with van der Waals surface area (Å²) in [5.41, 5.74) is 12.2. The molecule has 0 rings (SSSR count). The van der Waals surface area contributed by atoms with Crippen molar-refractivity contribution in [2.24, 2.45) is 0 Å². The summed E-state index contributed by atoms with van der Waals surface area (Å²) in [6.45, 7) is 1.27. The number of methoxy groups -OCH3 is 1. The minimum absolute atomic E-state index is 0.0146. The van der Waals surface area contributed by atoms with E-state index in [1.807, 2.05) is 0 Å². The zero-order valence-electron chi connectivity index (χ0n) is 8.63. The molecule has 0 heterocycles. The van der Waals surface area contributed by atoms with E-state index >= 15 is 0 Å². The Morgan fingerprint density at radius 1 is 1.33 bits per heavy atom. The van der Waals surface area contributed by atoms with Gasteiger partial charge in [-0.25, -0.2) is 0 Å². The van der Waals surface area contributed by atoms with Crippen molar-refractivity contribution < 1.29 is 24.4 Å². The van der Waals surface area contributed by atoms with Crippen LogP contribution in [0.4, 0.5) is 0 Å². The standard InChI is InChI=1S/C7H16O5.HN3/c1-10-7(9)6-12-5-4-11-3-2-8;1-3-2/h7-9H,2-6H2,1H3;1H. The normalized spacial score (nSPS) is 11.1. The van der Waals surface area contributed by atoms with E-state index < -0.39 is 6.29 Å². The number of hydrogen-bond donors (Lipinski definition) is 3. The largest absolute Gasteiger partial charge is 0.394 e. The number of aliphatic hydroxyl groups excluding tert-OH is 2. The summed E-state index contributed by atoms with van der Waals surface area (Å²) in [6.07, 6.45) is -0.872. The first kappa shape index (κ1) is 16.5. The fourth-order valence-electron chi connectivity index (χ4n) is 0.537. The first-order valence-electron chi connectivity index (χ1n) is 4.20. The van der Waals surface area contributed by atoms with Gasteiger partial charge in [-0.2, -0.15) is 0 Å². The fourth-order valence-corrected chi connectivity index (χ4v) is 0.537. The molecule has 3 N–H and O–H groups in total. The summed E-state index contributed by atoms with van der Waals surface area (Å²) in [7, 11) is 1.40. The Labute approximate surface area is 87.8 Å². The Hall–Kier alpha value is -0.890. The smallest absolute Gasteiger partial charge is 0.177 e. The summed E-state index contributed by atoms with van der Waals surface area (Å²) >= 11 is 0. The van der Waals surface area contributed by atoms with Crippen LogP contribution in [0.1, 0.15) is 0 Å². The molecule has 90 valence electrons. The van der Waals surface area contributed by atoms with Crippen molar-refractivity contribution in [2.45, 2.75) is 6.29 Å². The summed E-state index contributed by atoms with van der Waals surface area (Å²) in [6, 6.07) is 0. The van der Waals surface area contributed by atoms with Crippen LogP contribution >= 0.6 is 0 Å². The van der Waals surface area contributed by atoms with Gasteiger partial charge in [0, 0.05) is 7.11 Å². The molecule has 0 spiro atoms. The molecule has 0 aliphatic heterocycles. The summed E-state index contributed by atoms with van der Waals surface area (Å²) in [5, 5.41) is 17.2. The van der Waals surface area contributed by atoms with Gasteiger partial charge in [-0.3, -0.25) is 0 Å². The van der Waals surface area contributed by atoms with Gasteiger partial charge in [-0.1, -0.05) is 0 Å². The van der Waals surface area contributed by atoms with Crippen LogP contribution in [0.5, 0.6) is 0 Å². The Bertz CT molecular complexity index is 152. The number of aliphatic hydroxyl groups is 2.